The number of carbonyl (C=O) groups excluding carboxylic acids is 4. The summed E-state index contributed by atoms with van der Waals surface area (Å²) >= 11 is 0. The van der Waals surface area contributed by atoms with Crippen molar-refractivity contribution < 1.29 is 29.4 Å². The zero-order valence-electron chi connectivity index (χ0n) is 21.8. The quantitative estimate of drug-likeness (QED) is 0.355. The maximum absolute atomic E-state index is 13.8. The Bertz CT molecular complexity index is 1540. The SMILES string of the molecule is CC1=CC(=O)C2=C(CC3C(=CCC4C(=O)N(CCc5ccc(O)cc5)C(=O)C43)C2c2cccc(C)c2O)C1=O. The van der Waals surface area contributed by atoms with Gasteiger partial charge in [-0.05, 0) is 68.4 Å². The van der Waals surface area contributed by atoms with Crippen LogP contribution in [0.15, 0.2) is 76.9 Å². The zero-order valence-corrected chi connectivity index (χ0v) is 21.8. The molecule has 1 aliphatic heterocycles. The molecule has 7 nitrogen and oxygen atoms in total. The van der Waals surface area contributed by atoms with Gasteiger partial charge in [0, 0.05) is 34.7 Å². The molecule has 0 spiro atoms. The van der Waals surface area contributed by atoms with E-state index >= 15 is 0 Å². The number of ketones is 2. The summed E-state index contributed by atoms with van der Waals surface area (Å²) in [6.45, 7) is 3.63. The summed E-state index contributed by atoms with van der Waals surface area (Å²) in [5.41, 5.74) is 4.02. The van der Waals surface area contributed by atoms with Crippen LogP contribution in [0.4, 0.5) is 0 Å². The highest BCUT2D eigenvalue weighted by molar-refractivity contribution is 6.23. The van der Waals surface area contributed by atoms with Crippen molar-refractivity contribution in [2.45, 2.75) is 39.0 Å². The predicted molar refractivity (Wildman–Crippen MR) is 143 cm³/mol. The standard InChI is InChI=1S/C32H29NO6/c1-16-4-3-5-21(29(16)36)26-20-10-11-22-27(23(20)15-24-28(26)25(35)14-17(2)30(24)37)32(39)33(31(22)38)13-12-18-6-8-19(34)9-7-18/h3-10,14,22-23,26-27,34,36H,11-13,15H2,1-2H3. The number of hydrogen-bond donors (Lipinski definition) is 2. The number of benzene rings is 2. The van der Waals surface area contributed by atoms with E-state index in [0.29, 0.717) is 40.7 Å². The second-order valence-electron chi connectivity index (χ2n) is 11.0. The van der Waals surface area contributed by atoms with Crippen LogP contribution in [0.25, 0.3) is 0 Å². The Kier molecular flexibility index (Phi) is 5.90. The number of likely N-dealkylation sites (tertiary alicyclic amines) is 1. The summed E-state index contributed by atoms with van der Waals surface area (Å²) in [6.07, 6.45) is 4.36. The van der Waals surface area contributed by atoms with Crippen molar-refractivity contribution in [3.63, 3.8) is 0 Å². The van der Waals surface area contributed by atoms with E-state index in [4.69, 9.17) is 0 Å². The number of rotatable bonds is 4. The van der Waals surface area contributed by atoms with Crippen molar-refractivity contribution >= 4 is 23.4 Å². The number of para-hydroxylation sites is 1. The van der Waals surface area contributed by atoms with Crippen molar-refractivity contribution in [1.29, 1.82) is 0 Å². The van der Waals surface area contributed by atoms with Crippen LogP contribution in [0.2, 0.25) is 0 Å². The molecule has 1 fully saturated rings. The number of phenolic OH excluding ortho intramolecular Hbond substituents is 2. The Labute approximate surface area is 226 Å². The van der Waals surface area contributed by atoms with E-state index in [-0.39, 0.29) is 47.8 Å². The maximum atomic E-state index is 13.8. The molecule has 0 bridgehead atoms. The van der Waals surface area contributed by atoms with Crippen LogP contribution in [-0.2, 0) is 25.6 Å². The molecule has 0 saturated carbocycles. The summed E-state index contributed by atoms with van der Waals surface area (Å²) < 4.78 is 0. The van der Waals surface area contributed by atoms with E-state index in [0.717, 1.165) is 11.1 Å². The lowest BCUT2D eigenvalue weighted by molar-refractivity contribution is -0.140. The number of phenols is 2. The largest absolute Gasteiger partial charge is 0.508 e. The molecule has 7 heteroatoms. The van der Waals surface area contributed by atoms with E-state index in [2.05, 4.69) is 0 Å². The number of amides is 2. The first-order valence-corrected chi connectivity index (χ1v) is 13.3. The Hall–Kier alpha value is -4.26. The van der Waals surface area contributed by atoms with E-state index in [9.17, 15) is 29.4 Å². The Balaban J connectivity index is 1.39. The number of fused-ring (bicyclic) bond motifs is 3. The first kappa shape index (κ1) is 25.0. The van der Waals surface area contributed by atoms with E-state index in [1.807, 2.05) is 12.1 Å². The molecule has 4 atom stereocenters. The molecule has 6 rings (SSSR count). The van der Waals surface area contributed by atoms with Gasteiger partial charge in [0.2, 0.25) is 11.8 Å². The van der Waals surface area contributed by atoms with Crippen LogP contribution in [0, 0.1) is 24.7 Å². The summed E-state index contributed by atoms with van der Waals surface area (Å²) in [5.74, 6) is -2.96. The summed E-state index contributed by atoms with van der Waals surface area (Å²) in [6, 6.07) is 12.0. The Morgan fingerprint density at radius 3 is 2.41 bits per heavy atom. The highest BCUT2D eigenvalue weighted by atomic mass is 16.3. The lowest BCUT2D eigenvalue weighted by atomic mass is 9.59. The molecular formula is C32H29NO6. The third kappa shape index (κ3) is 3.87. The van der Waals surface area contributed by atoms with Gasteiger partial charge in [-0.3, -0.25) is 24.1 Å². The van der Waals surface area contributed by atoms with Crippen LogP contribution in [-0.4, -0.2) is 45.0 Å². The number of carbonyl (C=O) groups is 4. The second-order valence-corrected chi connectivity index (χ2v) is 11.0. The van der Waals surface area contributed by atoms with E-state index in [1.165, 1.54) is 11.0 Å². The van der Waals surface area contributed by atoms with Gasteiger partial charge < -0.3 is 10.2 Å². The molecular weight excluding hydrogens is 494 g/mol. The fourth-order valence-corrected chi connectivity index (χ4v) is 6.84. The van der Waals surface area contributed by atoms with Crippen LogP contribution in [0.3, 0.4) is 0 Å². The number of hydrogen-bond acceptors (Lipinski definition) is 6. The second kappa shape index (κ2) is 9.19. The average molecular weight is 524 g/mol. The van der Waals surface area contributed by atoms with Gasteiger partial charge in [0.1, 0.15) is 11.5 Å². The van der Waals surface area contributed by atoms with Gasteiger partial charge in [0.25, 0.3) is 0 Å². The molecule has 2 amide bonds. The number of imide groups is 1. The first-order chi connectivity index (χ1) is 18.7. The van der Waals surface area contributed by atoms with Gasteiger partial charge in [-0.25, -0.2) is 0 Å². The van der Waals surface area contributed by atoms with Crippen molar-refractivity contribution in [1.82, 2.24) is 4.90 Å². The summed E-state index contributed by atoms with van der Waals surface area (Å²) in [5, 5.41) is 20.6. The normalized spacial score (nSPS) is 26.3. The molecule has 1 heterocycles. The average Bonchev–Trinajstić information content (AvgIpc) is 3.16. The van der Waals surface area contributed by atoms with Gasteiger partial charge in [0.15, 0.2) is 11.6 Å². The third-order valence-corrected chi connectivity index (χ3v) is 8.79. The topological polar surface area (TPSA) is 112 Å². The molecule has 2 aromatic carbocycles. The lowest BCUT2D eigenvalue weighted by Gasteiger charge is -2.42. The molecule has 198 valence electrons. The maximum Gasteiger partial charge on any atom is 0.233 e. The Morgan fingerprint density at radius 1 is 0.923 bits per heavy atom. The number of Topliss-reactive ketones (excluding diaryl/α,β-unsaturated/α-hetero) is 1. The van der Waals surface area contributed by atoms with Gasteiger partial charge >= 0.3 is 0 Å². The van der Waals surface area contributed by atoms with E-state index in [1.54, 1.807) is 50.2 Å². The van der Waals surface area contributed by atoms with Crippen LogP contribution in [0.1, 0.15) is 42.4 Å². The predicted octanol–water partition coefficient (Wildman–Crippen LogP) is 4.08. The van der Waals surface area contributed by atoms with Crippen LogP contribution in [0.5, 0.6) is 11.5 Å². The van der Waals surface area contributed by atoms with E-state index < -0.39 is 23.7 Å². The highest BCUT2D eigenvalue weighted by Crippen LogP contribution is 2.56. The Morgan fingerprint density at radius 2 is 1.67 bits per heavy atom. The minimum atomic E-state index is -0.658. The smallest absolute Gasteiger partial charge is 0.233 e. The fourth-order valence-electron chi connectivity index (χ4n) is 6.84. The minimum Gasteiger partial charge on any atom is -0.508 e. The summed E-state index contributed by atoms with van der Waals surface area (Å²) in [4.78, 5) is 55.3. The fraction of sp³-hybridized carbons (Fsp3) is 0.312. The molecule has 1 saturated heterocycles. The number of aryl methyl sites for hydroxylation is 1. The molecule has 0 aromatic heterocycles. The molecule has 2 N–H and O–H groups in total. The van der Waals surface area contributed by atoms with Crippen molar-refractivity contribution in [3.8, 4) is 11.5 Å². The zero-order chi connectivity index (χ0) is 27.6. The number of nitrogens with zero attached hydrogens (tertiary/aromatic N) is 1. The summed E-state index contributed by atoms with van der Waals surface area (Å²) in [7, 11) is 0. The molecule has 3 aliphatic carbocycles. The minimum absolute atomic E-state index is 0.0638. The van der Waals surface area contributed by atoms with Gasteiger partial charge in [0.05, 0.1) is 11.8 Å². The molecule has 2 aromatic rings. The molecule has 0 radical (unpaired) electrons. The van der Waals surface area contributed by atoms with Crippen molar-refractivity contribution in [2.24, 2.45) is 17.8 Å². The number of allylic oxidation sites excluding steroid dienone is 6. The molecule has 4 unspecified atom stereocenters. The lowest BCUT2D eigenvalue weighted by Crippen LogP contribution is -2.40. The first-order valence-electron chi connectivity index (χ1n) is 13.3. The van der Waals surface area contributed by atoms with Gasteiger partial charge in [-0.1, -0.05) is 42.0 Å². The highest BCUT2D eigenvalue weighted by Gasteiger charge is 2.56. The molecule has 39 heavy (non-hydrogen) atoms. The van der Waals surface area contributed by atoms with Crippen molar-refractivity contribution in [2.75, 3.05) is 6.54 Å². The van der Waals surface area contributed by atoms with Gasteiger partial charge in [-0.15, -0.1) is 0 Å². The van der Waals surface area contributed by atoms with Crippen LogP contribution < -0.4 is 0 Å². The van der Waals surface area contributed by atoms with Gasteiger partial charge in [-0.2, -0.15) is 0 Å². The molecule has 4 aliphatic rings. The van der Waals surface area contributed by atoms with Crippen LogP contribution >= 0.6 is 0 Å². The monoisotopic (exact) mass is 523 g/mol. The van der Waals surface area contributed by atoms with Crippen molar-refractivity contribution in [3.05, 3.63) is 93.6 Å². The number of aromatic hydroxyl groups is 2. The third-order valence-electron chi connectivity index (χ3n) is 8.79.